The van der Waals surface area contributed by atoms with E-state index in [0.717, 1.165) is 18.2 Å². The predicted octanol–water partition coefficient (Wildman–Crippen LogP) is 2.44. The third kappa shape index (κ3) is 2.87. The van der Waals surface area contributed by atoms with Crippen LogP contribution in [0.25, 0.3) is 0 Å². The average molecular weight is 306 g/mol. The van der Waals surface area contributed by atoms with Crippen LogP contribution in [-0.2, 0) is 10.0 Å². The van der Waals surface area contributed by atoms with Gasteiger partial charge in [0.2, 0.25) is 11.9 Å². The van der Waals surface area contributed by atoms with E-state index in [1.165, 1.54) is 0 Å². The molecule has 0 spiro atoms. The molecule has 0 bridgehead atoms. The van der Waals surface area contributed by atoms with Gasteiger partial charge in [0, 0.05) is 6.07 Å². The van der Waals surface area contributed by atoms with E-state index in [1.807, 2.05) is 0 Å². The predicted molar refractivity (Wildman–Crippen MR) is 61.3 cm³/mol. The zero-order chi connectivity index (χ0) is 14.9. The Morgan fingerprint density at radius 1 is 1.00 bits per heavy atom. The Morgan fingerprint density at radius 2 is 1.70 bits per heavy atom. The van der Waals surface area contributed by atoms with Crippen molar-refractivity contribution < 1.29 is 26.0 Å². The lowest BCUT2D eigenvalue weighted by Gasteiger charge is -2.09. The largest absolute Gasteiger partial charge is 0.275 e. The van der Waals surface area contributed by atoms with Gasteiger partial charge in [0.15, 0.2) is 0 Å². The van der Waals surface area contributed by atoms with Crippen LogP contribution in [0, 0.1) is 23.5 Å². The highest BCUT2D eigenvalue weighted by atomic mass is 32.2. The first-order valence-corrected chi connectivity index (χ1v) is 6.58. The quantitative estimate of drug-likeness (QED) is 0.700. The summed E-state index contributed by atoms with van der Waals surface area (Å²) < 4.78 is 77.2. The van der Waals surface area contributed by atoms with Crippen LogP contribution in [0.4, 0.5) is 23.2 Å². The highest BCUT2D eigenvalue weighted by Crippen LogP contribution is 2.20. The molecule has 1 aromatic carbocycles. The number of hydrogen-bond acceptors (Lipinski definition) is 3. The van der Waals surface area contributed by atoms with Gasteiger partial charge in [-0.25, -0.2) is 17.2 Å². The second kappa shape index (κ2) is 5.08. The highest BCUT2D eigenvalue weighted by Gasteiger charge is 2.21. The Morgan fingerprint density at radius 3 is 2.30 bits per heavy atom. The summed E-state index contributed by atoms with van der Waals surface area (Å²) in [5, 5.41) is 0. The summed E-state index contributed by atoms with van der Waals surface area (Å²) in [6.07, 6.45) is 0. The molecular weight excluding hydrogens is 300 g/mol. The molecule has 2 aromatic rings. The van der Waals surface area contributed by atoms with E-state index in [9.17, 15) is 26.0 Å². The van der Waals surface area contributed by atoms with Crippen LogP contribution in [0.1, 0.15) is 0 Å². The van der Waals surface area contributed by atoms with Crippen molar-refractivity contribution in [3.8, 4) is 0 Å². The number of nitrogens with one attached hydrogen (secondary N) is 1. The lowest BCUT2D eigenvalue weighted by atomic mass is 10.3. The third-order valence-electron chi connectivity index (χ3n) is 2.24. The van der Waals surface area contributed by atoms with Crippen molar-refractivity contribution in [1.29, 1.82) is 0 Å². The van der Waals surface area contributed by atoms with Crippen LogP contribution in [-0.4, -0.2) is 13.4 Å². The molecule has 0 amide bonds. The Hall–Kier alpha value is -2.16. The molecule has 0 radical (unpaired) electrons. The van der Waals surface area contributed by atoms with Gasteiger partial charge in [0.25, 0.3) is 10.0 Å². The first-order chi connectivity index (χ1) is 9.29. The maximum absolute atomic E-state index is 13.4. The minimum absolute atomic E-state index is 0.369. The fourth-order valence-corrected chi connectivity index (χ4v) is 2.50. The second-order valence-electron chi connectivity index (χ2n) is 3.65. The lowest BCUT2D eigenvalue weighted by Crippen LogP contribution is -2.16. The van der Waals surface area contributed by atoms with Gasteiger partial charge >= 0.3 is 0 Å². The van der Waals surface area contributed by atoms with Crippen LogP contribution in [0.15, 0.2) is 35.2 Å². The van der Waals surface area contributed by atoms with Crippen LogP contribution in [0.2, 0.25) is 0 Å². The van der Waals surface area contributed by atoms with E-state index < -0.39 is 44.1 Å². The van der Waals surface area contributed by atoms with Gasteiger partial charge in [-0.1, -0.05) is 0 Å². The molecule has 2 rings (SSSR count). The summed E-state index contributed by atoms with van der Waals surface area (Å²) in [7, 11) is -4.49. The van der Waals surface area contributed by atoms with Crippen molar-refractivity contribution in [2.24, 2.45) is 0 Å². The Labute approximate surface area is 111 Å². The molecule has 4 nitrogen and oxygen atoms in total. The minimum atomic E-state index is -4.49. The molecule has 0 saturated heterocycles. The molecule has 9 heteroatoms. The first-order valence-electron chi connectivity index (χ1n) is 5.09. The summed E-state index contributed by atoms with van der Waals surface area (Å²) in [6.45, 7) is 0. The molecule has 1 heterocycles. The van der Waals surface area contributed by atoms with Crippen molar-refractivity contribution in [1.82, 2.24) is 4.98 Å². The Bertz CT molecular complexity index is 765. The fraction of sp³-hybridized carbons (Fsp3) is 0. The zero-order valence-electron chi connectivity index (χ0n) is 9.57. The Balaban J connectivity index is 2.41. The van der Waals surface area contributed by atoms with Gasteiger partial charge in [-0.15, -0.1) is 0 Å². The molecule has 1 N–H and O–H groups in total. The second-order valence-corrected chi connectivity index (χ2v) is 5.30. The summed E-state index contributed by atoms with van der Waals surface area (Å²) >= 11 is 0. The van der Waals surface area contributed by atoms with Crippen molar-refractivity contribution in [2.45, 2.75) is 4.90 Å². The standard InChI is InChI=1S/C11H6F4N2O2S/c12-6-1-3-9(7(13)5-6)20(18,19)17-8-2-4-10(14)16-11(8)15/h1-5,17H. The summed E-state index contributed by atoms with van der Waals surface area (Å²) in [6, 6.07) is 3.30. The van der Waals surface area contributed by atoms with Crippen LogP contribution in [0.5, 0.6) is 0 Å². The van der Waals surface area contributed by atoms with E-state index in [2.05, 4.69) is 4.98 Å². The van der Waals surface area contributed by atoms with Gasteiger partial charge in [-0.3, -0.25) is 4.72 Å². The van der Waals surface area contributed by atoms with Crippen LogP contribution >= 0.6 is 0 Å². The number of sulfonamides is 1. The van der Waals surface area contributed by atoms with E-state index in [-0.39, 0.29) is 0 Å². The Kier molecular flexibility index (Phi) is 3.62. The number of rotatable bonds is 3. The van der Waals surface area contributed by atoms with E-state index in [1.54, 1.807) is 4.72 Å². The lowest BCUT2D eigenvalue weighted by molar-refractivity contribution is 0.515. The normalized spacial score (nSPS) is 11.4. The van der Waals surface area contributed by atoms with Crippen molar-refractivity contribution in [3.63, 3.8) is 0 Å². The van der Waals surface area contributed by atoms with E-state index in [0.29, 0.717) is 12.1 Å². The topological polar surface area (TPSA) is 59.1 Å². The molecule has 0 aliphatic heterocycles. The number of nitrogens with zero attached hydrogens (tertiary/aromatic N) is 1. The molecule has 0 aliphatic rings. The van der Waals surface area contributed by atoms with Crippen molar-refractivity contribution in [2.75, 3.05) is 4.72 Å². The van der Waals surface area contributed by atoms with Gasteiger partial charge in [0.1, 0.15) is 22.2 Å². The number of halogens is 4. The number of benzene rings is 1. The zero-order valence-corrected chi connectivity index (χ0v) is 10.4. The summed E-state index contributed by atoms with van der Waals surface area (Å²) in [5.74, 6) is -4.85. The smallest absolute Gasteiger partial charge is 0.264 e. The van der Waals surface area contributed by atoms with Gasteiger partial charge in [-0.05, 0) is 24.3 Å². The summed E-state index contributed by atoms with van der Waals surface area (Å²) in [4.78, 5) is 1.90. The molecule has 0 unspecified atom stereocenters. The van der Waals surface area contributed by atoms with Crippen molar-refractivity contribution in [3.05, 3.63) is 53.9 Å². The molecule has 106 valence electrons. The maximum atomic E-state index is 13.4. The minimum Gasteiger partial charge on any atom is -0.275 e. The molecular formula is C11H6F4N2O2S. The van der Waals surface area contributed by atoms with Crippen LogP contribution in [0.3, 0.4) is 0 Å². The van der Waals surface area contributed by atoms with Gasteiger partial charge in [0.05, 0.1) is 0 Å². The van der Waals surface area contributed by atoms with E-state index in [4.69, 9.17) is 0 Å². The number of anilines is 1. The maximum Gasteiger partial charge on any atom is 0.264 e. The monoisotopic (exact) mass is 306 g/mol. The molecule has 0 aliphatic carbocycles. The molecule has 1 aromatic heterocycles. The number of aromatic nitrogens is 1. The summed E-state index contributed by atoms with van der Waals surface area (Å²) in [5.41, 5.74) is -0.657. The van der Waals surface area contributed by atoms with Gasteiger partial charge in [-0.2, -0.15) is 13.8 Å². The molecule has 0 saturated carbocycles. The van der Waals surface area contributed by atoms with Gasteiger partial charge < -0.3 is 0 Å². The third-order valence-corrected chi connectivity index (χ3v) is 3.64. The number of pyridine rings is 1. The van der Waals surface area contributed by atoms with Crippen LogP contribution < -0.4 is 4.72 Å². The fourth-order valence-electron chi connectivity index (χ4n) is 1.38. The van der Waals surface area contributed by atoms with Crippen molar-refractivity contribution >= 4 is 15.7 Å². The number of hydrogen-bond donors (Lipinski definition) is 1. The SMILES string of the molecule is O=S(=O)(Nc1ccc(F)nc1F)c1ccc(F)cc1F. The first kappa shape index (κ1) is 14.3. The molecule has 0 atom stereocenters. The average Bonchev–Trinajstić information content (AvgIpc) is 2.32. The van der Waals surface area contributed by atoms with E-state index >= 15 is 0 Å². The molecule has 20 heavy (non-hydrogen) atoms. The molecule has 0 fully saturated rings. The highest BCUT2D eigenvalue weighted by molar-refractivity contribution is 7.92.